The van der Waals surface area contributed by atoms with Gasteiger partial charge in [0.2, 0.25) is 0 Å². The van der Waals surface area contributed by atoms with Gasteiger partial charge >= 0.3 is 16.5 Å². The van der Waals surface area contributed by atoms with Crippen molar-refractivity contribution in [2.45, 2.75) is 0 Å². The Labute approximate surface area is 115 Å². The van der Waals surface area contributed by atoms with Gasteiger partial charge in [-0.1, -0.05) is 0 Å². The average Bonchev–Trinajstić information content (AvgIpc) is 2.38. The molecule has 2 rings (SSSR count). The molecule has 2 unspecified atom stereocenters. The molecule has 2 aliphatic heterocycles. The van der Waals surface area contributed by atoms with E-state index in [0.717, 1.165) is 0 Å². The summed E-state index contributed by atoms with van der Waals surface area (Å²) in [6, 6.07) is 0. The second kappa shape index (κ2) is 6.45. The second-order valence-corrected chi connectivity index (χ2v) is 4.81. The van der Waals surface area contributed by atoms with E-state index in [1.807, 2.05) is 0 Å². The van der Waals surface area contributed by atoms with Gasteiger partial charge < -0.3 is 15.5 Å². The molecular weight excluding hydrogens is 306 g/mol. The van der Waals surface area contributed by atoms with Gasteiger partial charge in [-0.05, 0) is 4.57 Å². The first kappa shape index (κ1) is 14.4. The van der Waals surface area contributed by atoms with Crippen LogP contribution in [-0.4, -0.2) is 4.89 Å². The van der Waals surface area contributed by atoms with Crippen molar-refractivity contribution >= 4 is 16.5 Å². The van der Waals surface area contributed by atoms with Crippen LogP contribution in [0.2, 0.25) is 0 Å². The third-order valence-electron chi connectivity index (χ3n) is 2.20. The molecule has 2 atom stereocenters. The van der Waals surface area contributed by atoms with Crippen LogP contribution in [0, 0.1) is 0 Å². The third kappa shape index (κ3) is 4.01. The highest BCUT2D eigenvalue weighted by atomic mass is 31.1. The maximum Gasteiger partial charge on any atom is 0.747 e. The summed E-state index contributed by atoms with van der Waals surface area (Å²) in [6.45, 7) is 0. The minimum absolute atomic E-state index is 0.141. The van der Waals surface area contributed by atoms with Crippen LogP contribution >= 0.6 is 16.5 Å². The molecule has 2 heterocycles. The van der Waals surface area contributed by atoms with Gasteiger partial charge in [-0.25, -0.2) is 4.52 Å². The van der Waals surface area contributed by atoms with Gasteiger partial charge in [-0.3, -0.25) is 4.52 Å². The Morgan fingerprint density at radius 2 is 1.50 bits per heavy atom. The molecule has 0 aromatic carbocycles. The predicted octanol–water partition coefficient (Wildman–Crippen LogP) is 0.900. The Bertz CT molecular complexity index is 553. The second-order valence-electron chi connectivity index (χ2n) is 3.52. The number of allylic oxidation sites excluding steroid dienone is 4. The zero-order valence-corrected chi connectivity index (χ0v) is 11.6. The lowest BCUT2D eigenvalue weighted by molar-refractivity contribution is -0.182. The van der Waals surface area contributed by atoms with Crippen molar-refractivity contribution in [3.8, 4) is 0 Å². The van der Waals surface area contributed by atoms with Crippen molar-refractivity contribution in [2.24, 2.45) is 0 Å². The molecule has 0 amide bonds. The first-order valence-corrected chi connectivity index (χ1v) is 7.47. The van der Waals surface area contributed by atoms with Crippen molar-refractivity contribution in [1.29, 1.82) is 0 Å². The molecule has 104 valence electrons. The Kier molecular flexibility index (Phi) is 4.65. The molecule has 2 aliphatic rings. The molecule has 0 radical (unpaired) electrons. The van der Waals surface area contributed by atoms with Crippen LogP contribution < -0.4 is 15.5 Å². The Morgan fingerprint density at radius 3 is 1.95 bits per heavy atom. The summed E-state index contributed by atoms with van der Waals surface area (Å²) in [5.41, 5.74) is 1.03. The molecule has 0 saturated carbocycles. The Balaban J connectivity index is 2.24. The SMILES string of the molecule is O=[P+]([O-])OC1=CC(=C2C=C(O[P+](=O)O)C=CN2)NC=C1. The molecule has 0 saturated heterocycles. The number of hydrogen-bond acceptors (Lipinski definition) is 7. The van der Waals surface area contributed by atoms with Crippen LogP contribution in [0.15, 0.2) is 59.6 Å². The number of rotatable bonds is 4. The highest BCUT2D eigenvalue weighted by Crippen LogP contribution is 2.25. The fraction of sp³-hybridized carbons (Fsp3) is 0. The smallest absolute Gasteiger partial charge is 0.558 e. The summed E-state index contributed by atoms with van der Waals surface area (Å²) in [4.78, 5) is 19.2. The third-order valence-corrected chi connectivity index (χ3v) is 2.93. The molecule has 0 fully saturated rings. The first-order chi connectivity index (χ1) is 9.54. The van der Waals surface area contributed by atoms with Crippen LogP contribution in [0.5, 0.6) is 0 Å². The standard InChI is InChI=1S/C10H8N2O6P2/c13-19(14)17-7-1-3-11-9(5-7)10-6-8(2-4-12-10)18-20(15)16/h1-6,11-12H/p+1. The highest BCUT2D eigenvalue weighted by Gasteiger charge is 2.19. The van der Waals surface area contributed by atoms with E-state index < -0.39 is 16.5 Å². The molecule has 3 N–H and O–H groups in total. The molecule has 8 nitrogen and oxygen atoms in total. The van der Waals surface area contributed by atoms with E-state index in [1.165, 1.54) is 36.7 Å². The van der Waals surface area contributed by atoms with Gasteiger partial charge in [-0.15, -0.1) is 4.89 Å². The van der Waals surface area contributed by atoms with Crippen molar-refractivity contribution in [3.05, 3.63) is 59.6 Å². The summed E-state index contributed by atoms with van der Waals surface area (Å²) in [7, 11) is -5.75. The molecular formula is C10H9N2O6P2+. The number of dihydropyridines is 2. The van der Waals surface area contributed by atoms with E-state index in [0.29, 0.717) is 11.4 Å². The van der Waals surface area contributed by atoms with Gasteiger partial charge in [0.05, 0.1) is 11.4 Å². The van der Waals surface area contributed by atoms with Crippen LogP contribution in [0.4, 0.5) is 0 Å². The zero-order chi connectivity index (χ0) is 14.5. The van der Waals surface area contributed by atoms with Gasteiger partial charge in [0.1, 0.15) is 0 Å². The maximum absolute atomic E-state index is 10.6. The number of hydrogen-bond donors (Lipinski definition) is 3. The van der Waals surface area contributed by atoms with Crippen molar-refractivity contribution in [2.75, 3.05) is 0 Å². The largest absolute Gasteiger partial charge is 0.747 e. The summed E-state index contributed by atoms with van der Waals surface area (Å²) in [5.74, 6) is 0.333. The fourth-order valence-electron chi connectivity index (χ4n) is 1.49. The molecule has 10 heteroatoms. The van der Waals surface area contributed by atoms with Crippen molar-refractivity contribution < 1.29 is 28.0 Å². The van der Waals surface area contributed by atoms with Gasteiger partial charge in [0.15, 0.2) is 11.5 Å². The predicted molar refractivity (Wildman–Crippen MR) is 67.3 cm³/mol. The molecule has 0 spiro atoms. The molecule has 0 aliphatic carbocycles. The highest BCUT2D eigenvalue weighted by molar-refractivity contribution is 7.32. The lowest BCUT2D eigenvalue weighted by Gasteiger charge is -2.15. The van der Waals surface area contributed by atoms with Crippen LogP contribution in [0.1, 0.15) is 0 Å². The average molecular weight is 315 g/mol. The van der Waals surface area contributed by atoms with E-state index in [9.17, 15) is 14.0 Å². The first-order valence-electron chi connectivity index (χ1n) is 5.25. The normalized spacial score (nSPS) is 22.1. The van der Waals surface area contributed by atoms with Gasteiger partial charge in [-0.2, -0.15) is 0 Å². The lowest BCUT2D eigenvalue weighted by atomic mass is 10.2. The summed E-state index contributed by atoms with van der Waals surface area (Å²) in [5, 5.41) is 5.76. The van der Waals surface area contributed by atoms with Crippen molar-refractivity contribution in [3.63, 3.8) is 0 Å². The Hall–Kier alpha value is -1.98. The summed E-state index contributed by atoms with van der Waals surface area (Å²) in [6.07, 6.45) is 8.87. The van der Waals surface area contributed by atoms with E-state index in [4.69, 9.17) is 4.89 Å². The monoisotopic (exact) mass is 315 g/mol. The molecule has 0 bridgehead atoms. The summed E-state index contributed by atoms with van der Waals surface area (Å²) < 4.78 is 30.4. The zero-order valence-electron chi connectivity index (χ0n) is 9.85. The van der Waals surface area contributed by atoms with E-state index in [2.05, 4.69) is 19.7 Å². The maximum atomic E-state index is 10.6. The molecule has 0 aromatic heterocycles. The fourth-order valence-corrected chi connectivity index (χ4v) is 2.07. The van der Waals surface area contributed by atoms with E-state index in [-0.39, 0.29) is 11.5 Å². The Morgan fingerprint density at radius 1 is 1.00 bits per heavy atom. The van der Waals surface area contributed by atoms with Crippen LogP contribution in [0.25, 0.3) is 0 Å². The number of nitrogens with one attached hydrogen (secondary N) is 2. The van der Waals surface area contributed by atoms with E-state index >= 15 is 0 Å². The summed E-state index contributed by atoms with van der Waals surface area (Å²) >= 11 is 0. The minimum atomic E-state index is -3.00. The topological polar surface area (TPSA) is 120 Å². The lowest BCUT2D eigenvalue weighted by Crippen LogP contribution is -2.18. The minimum Gasteiger partial charge on any atom is -0.558 e. The van der Waals surface area contributed by atoms with Gasteiger partial charge in [0, 0.05) is 41.3 Å². The molecule has 20 heavy (non-hydrogen) atoms. The van der Waals surface area contributed by atoms with Crippen molar-refractivity contribution in [1.82, 2.24) is 10.6 Å². The van der Waals surface area contributed by atoms with Gasteiger partial charge in [0.25, 0.3) is 0 Å². The quantitative estimate of drug-likeness (QED) is 0.655. The van der Waals surface area contributed by atoms with Crippen LogP contribution in [0.3, 0.4) is 0 Å². The van der Waals surface area contributed by atoms with E-state index in [1.54, 1.807) is 0 Å². The molecule has 0 aromatic rings. The van der Waals surface area contributed by atoms with Crippen LogP contribution in [-0.2, 0) is 18.2 Å².